The molecule has 31 heavy (non-hydrogen) atoms. The Morgan fingerprint density at radius 1 is 1.03 bits per heavy atom. The molecule has 3 aromatic rings. The molecular formula is C24H30N6O. The van der Waals surface area contributed by atoms with E-state index >= 15 is 0 Å². The molecular weight excluding hydrogens is 388 g/mol. The van der Waals surface area contributed by atoms with Crippen molar-refractivity contribution >= 4 is 11.6 Å². The van der Waals surface area contributed by atoms with Crippen LogP contribution in [0.15, 0.2) is 48.9 Å². The largest absolute Gasteiger partial charge is 0.388 e. The van der Waals surface area contributed by atoms with Crippen LogP contribution in [0.1, 0.15) is 36.2 Å². The van der Waals surface area contributed by atoms with E-state index in [2.05, 4.69) is 55.9 Å². The van der Waals surface area contributed by atoms with Crippen LogP contribution in [0.5, 0.6) is 0 Å². The average Bonchev–Trinajstić information content (AvgIpc) is 2.77. The summed E-state index contributed by atoms with van der Waals surface area (Å²) in [6.07, 6.45) is 5.90. The minimum atomic E-state index is -0.925. The summed E-state index contributed by atoms with van der Waals surface area (Å²) in [7, 11) is 0. The monoisotopic (exact) mass is 418 g/mol. The van der Waals surface area contributed by atoms with E-state index < -0.39 is 5.60 Å². The van der Waals surface area contributed by atoms with Gasteiger partial charge in [0.2, 0.25) is 0 Å². The molecule has 1 aliphatic heterocycles. The molecule has 1 unspecified atom stereocenters. The van der Waals surface area contributed by atoms with E-state index in [1.165, 1.54) is 5.56 Å². The van der Waals surface area contributed by atoms with Crippen molar-refractivity contribution in [3.8, 4) is 0 Å². The minimum absolute atomic E-state index is 0.157. The van der Waals surface area contributed by atoms with Crippen molar-refractivity contribution in [1.82, 2.24) is 20.2 Å². The molecule has 1 aromatic carbocycles. The SMILES string of the molecule is Cc1c(Cc2ccccc2)nnc(N2CCN(c3cnccn3)CC2C(C)(C)O)c1C. The maximum absolute atomic E-state index is 11.0. The average molecular weight is 419 g/mol. The molecule has 1 atom stereocenters. The molecule has 0 saturated carbocycles. The van der Waals surface area contributed by atoms with Gasteiger partial charge >= 0.3 is 0 Å². The van der Waals surface area contributed by atoms with Gasteiger partial charge in [-0.2, -0.15) is 5.10 Å². The lowest BCUT2D eigenvalue weighted by Gasteiger charge is -2.47. The van der Waals surface area contributed by atoms with Crippen LogP contribution < -0.4 is 9.80 Å². The second-order valence-corrected chi connectivity index (χ2v) is 8.76. The quantitative estimate of drug-likeness (QED) is 0.682. The van der Waals surface area contributed by atoms with Crippen LogP contribution >= 0.6 is 0 Å². The zero-order chi connectivity index (χ0) is 22.0. The van der Waals surface area contributed by atoms with Gasteiger partial charge in [-0.3, -0.25) is 4.98 Å². The van der Waals surface area contributed by atoms with E-state index in [1.54, 1.807) is 18.6 Å². The third-order valence-electron chi connectivity index (χ3n) is 6.15. The number of benzene rings is 1. The first-order valence-corrected chi connectivity index (χ1v) is 10.7. The second-order valence-electron chi connectivity index (χ2n) is 8.76. The number of hydrogen-bond donors (Lipinski definition) is 1. The Balaban J connectivity index is 1.62. The molecule has 1 fully saturated rings. The first-order valence-electron chi connectivity index (χ1n) is 10.7. The van der Waals surface area contributed by atoms with Gasteiger partial charge in [-0.15, -0.1) is 5.10 Å². The maximum atomic E-state index is 11.0. The molecule has 162 valence electrons. The van der Waals surface area contributed by atoms with Crippen LogP contribution in [0.2, 0.25) is 0 Å². The first kappa shape index (κ1) is 21.2. The van der Waals surface area contributed by atoms with Crippen LogP contribution in [0.4, 0.5) is 11.6 Å². The molecule has 1 N–H and O–H groups in total. The van der Waals surface area contributed by atoms with Gasteiger partial charge < -0.3 is 14.9 Å². The highest BCUT2D eigenvalue weighted by Gasteiger charge is 2.39. The summed E-state index contributed by atoms with van der Waals surface area (Å²) in [5.41, 5.74) is 3.55. The van der Waals surface area contributed by atoms with Crippen molar-refractivity contribution in [2.45, 2.75) is 45.8 Å². The number of aromatic nitrogens is 4. The number of nitrogens with zero attached hydrogens (tertiary/aromatic N) is 6. The number of aliphatic hydroxyl groups is 1. The second kappa shape index (κ2) is 8.59. The van der Waals surface area contributed by atoms with Crippen molar-refractivity contribution in [3.63, 3.8) is 0 Å². The Hall–Kier alpha value is -3.06. The normalized spacial score (nSPS) is 17.1. The van der Waals surface area contributed by atoms with Crippen LogP contribution in [-0.4, -0.2) is 56.5 Å². The minimum Gasteiger partial charge on any atom is -0.388 e. The predicted octanol–water partition coefficient (Wildman–Crippen LogP) is 2.94. The van der Waals surface area contributed by atoms with Crippen molar-refractivity contribution in [2.24, 2.45) is 0 Å². The van der Waals surface area contributed by atoms with Crippen LogP contribution in [-0.2, 0) is 6.42 Å². The molecule has 7 nitrogen and oxygen atoms in total. The highest BCUT2D eigenvalue weighted by atomic mass is 16.3. The van der Waals surface area contributed by atoms with E-state index in [4.69, 9.17) is 0 Å². The van der Waals surface area contributed by atoms with Crippen LogP contribution in [0, 0.1) is 13.8 Å². The summed E-state index contributed by atoms with van der Waals surface area (Å²) in [6, 6.07) is 10.2. The summed E-state index contributed by atoms with van der Waals surface area (Å²) in [5.74, 6) is 1.67. The van der Waals surface area contributed by atoms with Crippen LogP contribution in [0.3, 0.4) is 0 Å². The van der Waals surface area contributed by atoms with E-state index in [9.17, 15) is 5.11 Å². The molecule has 0 bridgehead atoms. The molecule has 1 saturated heterocycles. The lowest BCUT2D eigenvalue weighted by molar-refractivity contribution is 0.0473. The zero-order valence-corrected chi connectivity index (χ0v) is 18.7. The Morgan fingerprint density at radius 3 is 2.48 bits per heavy atom. The Kier molecular flexibility index (Phi) is 5.87. The fourth-order valence-electron chi connectivity index (χ4n) is 4.18. The lowest BCUT2D eigenvalue weighted by Crippen LogP contribution is -2.62. The highest BCUT2D eigenvalue weighted by Crippen LogP contribution is 2.31. The molecule has 0 spiro atoms. The molecule has 0 amide bonds. The van der Waals surface area contributed by atoms with Crippen LogP contribution in [0.25, 0.3) is 0 Å². The van der Waals surface area contributed by atoms with E-state index in [0.29, 0.717) is 6.54 Å². The molecule has 2 aromatic heterocycles. The standard InChI is InChI=1S/C24H30N6O/c1-17-18(2)23(28-27-20(17)14-19-8-6-5-7-9-19)30-13-12-29(16-21(30)24(3,4)31)22-15-25-10-11-26-22/h5-11,15,21,31H,12-14,16H2,1-4H3. The van der Waals surface area contributed by atoms with Gasteiger partial charge in [0.15, 0.2) is 5.82 Å². The fraction of sp³-hybridized carbons (Fsp3) is 0.417. The van der Waals surface area contributed by atoms with Crippen molar-refractivity contribution < 1.29 is 5.11 Å². The number of anilines is 2. The summed E-state index contributed by atoms with van der Waals surface area (Å²) in [5, 5.41) is 20.2. The summed E-state index contributed by atoms with van der Waals surface area (Å²) in [6.45, 7) is 10.0. The fourth-order valence-corrected chi connectivity index (χ4v) is 4.18. The molecule has 0 radical (unpaired) electrons. The Morgan fingerprint density at radius 2 is 1.81 bits per heavy atom. The van der Waals surface area contributed by atoms with Gasteiger partial charge in [-0.25, -0.2) is 4.98 Å². The van der Waals surface area contributed by atoms with Gasteiger partial charge in [0.05, 0.1) is 23.5 Å². The third-order valence-corrected chi connectivity index (χ3v) is 6.15. The first-order chi connectivity index (χ1) is 14.8. The number of rotatable bonds is 5. The number of hydrogen-bond acceptors (Lipinski definition) is 7. The highest BCUT2D eigenvalue weighted by molar-refractivity contribution is 5.54. The van der Waals surface area contributed by atoms with Crippen molar-refractivity contribution in [2.75, 3.05) is 29.4 Å². The molecule has 4 rings (SSSR count). The van der Waals surface area contributed by atoms with Gasteiger partial charge in [-0.05, 0) is 44.4 Å². The number of piperazine rings is 1. The van der Waals surface area contributed by atoms with E-state index in [-0.39, 0.29) is 6.04 Å². The molecule has 0 aliphatic carbocycles. The van der Waals surface area contributed by atoms with Gasteiger partial charge in [-0.1, -0.05) is 30.3 Å². The summed E-state index contributed by atoms with van der Waals surface area (Å²) < 4.78 is 0. The predicted molar refractivity (Wildman–Crippen MR) is 122 cm³/mol. The van der Waals surface area contributed by atoms with Crippen molar-refractivity contribution in [1.29, 1.82) is 0 Å². The Bertz CT molecular complexity index is 1020. The van der Waals surface area contributed by atoms with E-state index in [0.717, 1.165) is 48.0 Å². The van der Waals surface area contributed by atoms with Crippen molar-refractivity contribution in [3.05, 3.63) is 71.3 Å². The smallest absolute Gasteiger partial charge is 0.154 e. The van der Waals surface area contributed by atoms with Gasteiger partial charge in [0, 0.05) is 38.4 Å². The topological polar surface area (TPSA) is 78.3 Å². The molecule has 3 heterocycles. The Labute approximate surface area is 183 Å². The van der Waals surface area contributed by atoms with Gasteiger partial charge in [0.25, 0.3) is 0 Å². The zero-order valence-electron chi connectivity index (χ0n) is 18.7. The maximum Gasteiger partial charge on any atom is 0.154 e. The molecule has 1 aliphatic rings. The summed E-state index contributed by atoms with van der Waals surface area (Å²) in [4.78, 5) is 13.0. The van der Waals surface area contributed by atoms with Gasteiger partial charge in [0.1, 0.15) is 5.82 Å². The van der Waals surface area contributed by atoms with E-state index in [1.807, 2.05) is 32.0 Å². The molecule has 7 heteroatoms. The third kappa shape index (κ3) is 4.51. The summed E-state index contributed by atoms with van der Waals surface area (Å²) >= 11 is 0. The lowest BCUT2D eigenvalue weighted by atomic mass is 9.93.